The highest BCUT2D eigenvalue weighted by atomic mass is 19.1. The Hall–Kier alpha value is -2.35. The van der Waals surface area contributed by atoms with E-state index in [1.54, 1.807) is 18.3 Å². The number of nitrogens with zero attached hydrogens (tertiary/aromatic N) is 2. The van der Waals surface area contributed by atoms with Crippen molar-refractivity contribution in [1.82, 2.24) is 4.98 Å². The molecule has 0 N–H and O–H groups in total. The molecule has 0 fully saturated rings. The first kappa shape index (κ1) is 14.1. The van der Waals surface area contributed by atoms with E-state index in [2.05, 4.69) is 4.98 Å². The monoisotopic (exact) mass is 276 g/mol. The molecule has 2 aromatic rings. The van der Waals surface area contributed by atoms with Crippen LogP contribution in [0.5, 0.6) is 0 Å². The van der Waals surface area contributed by atoms with Gasteiger partial charge in [0.2, 0.25) is 0 Å². The van der Waals surface area contributed by atoms with Gasteiger partial charge in [-0.3, -0.25) is 4.98 Å². The van der Waals surface area contributed by atoms with Crippen molar-refractivity contribution in [3.8, 4) is 6.07 Å². The highest BCUT2D eigenvalue weighted by Gasteiger charge is 2.33. The Morgan fingerprint density at radius 3 is 2.40 bits per heavy atom. The number of halogens is 3. The lowest BCUT2D eigenvalue weighted by Crippen LogP contribution is -2.26. The Morgan fingerprint density at radius 2 is 1.90 bits per heavy atom. The predicted molar refractivity (Wildman–Crippen MR) is 67.2 cm³/mol. The molecule has 0 amide bonds. The minimum Gasteiger partial charge on any atom is -0.264 e. The number of rotatable bonds is 3. The van der Waals surface area contributed by atoms with E-state index in [0.717, 1.165) is 0 Å². The number of aromatic nitrogens is 1. The zero-order valence-electron chi connectivity index (χ0n) is 10.7. The van der Waals surface area contributed by atoms with Gasteiger partial charge in [0.1, 0.15) is 17.5 Å². The fourth-order valence-corrected chi connectivity index (χ4v) is 2.16. The molecular formula is C15H11F3N2. The quantitative estimate of drug-likeness (QED) is 0.860. The molecule has 0 spiro atoms. The van der Waals surface area contributed by atoms with Crippen LogP contribution in [0.3, 0.4) is 0 Å². The maximum absolute atomic E-state index is 13.8. The fraction of sp³-hybridized carbons (Fsp3) is 0.200. The standard InChI is InChI=1S/C15H11F3N2/c1-15(9-19,7-10-3-2-4-20-8-10)14-12(17)5-11(16)6-13(14)18/h2-6,8H,7H2,1H3. The molecule has 1 atom stereocenters. The Kier molecular flexibility index (Phi) is 3.75. The lowest BCUT2D eigenvalue weighted by atomic mass is 9.78. The molecule has 5 heteroatoms. The molecule has 0 radical (unpaired) electrons. The van der Waals surface area contributed by atoms with Crippen LogP contribution >= 0.6 is 0 Å². The van der Waals surface area contributed by atoms with Crippen molar-refractivity contribution in [2.45, 2.75) is 18.8 Å². The van der Waals surface area contributed by atoms with Crippen LogP contribution in [0.1, 0.15) is 18.1 Å². The van der Waals surface area contributed by atoms with E-state index >= 15 is 0 Å². The van der Waals surface area contributed by atoms with Gasteiger partial charge in [0, 0.05) is 30.1 Å². The highest BCUT2D eigenvalue weighted by molar-refractivity contribution is 5.36. The van der Waals surface area contributed by atoms with Gasteiger partial charge in [-0.15, -0.1) is 0 Å². The van der Waals surface area contributed by atoms with Crippen LogP contribution in [0.15, 0.2) is 36.7 Å². The third kappa shape index (κ3) is 2.64. The number of hydrogen-bond acceptors (Lipinski definition) is 2. The molecule has 0 saturated carbocycles. The van der Waals surface area contributed by atoms with Gasteiger partial charge in [0.05, 0.1) is 11.5 Å². The van der Waals surface area contributed by atoms with Crippen molar-refractivity contribution in [2.24, 2.45) is 0 Å². The Balaban J connectivity index is 2.50. The average Bonchev–Trinajstić information content (AvgIpc) is 2.38. The third-order valence-electron chi connectivity index (χ3n) is 3.09. The molecule has 0 aliphatic heterocycles. The van der Waals surface area contributed by atoms with E-state index in [9.17, 15) is 18.4 Å². The largest absolute Gasteiger partial charge is 0.264 e. The van der Waals surface area contributed by atoms with Gasteiger partial charge in [-0.1, -0.05) is 6.07 Å². The minimum atomic E-state index is -1.44. The van der Waals surface area contributed by atoms with Crippen LogP contribution in [0.4, 0.5) is 13.2 Å². The summed E-state index contributed by atoms with van der Waals surface area (Å²) in [6.07, 6.45) is 3.16. The van der Waals surface area contributed by atoms with Crippen molar-refractivity contribution in [1.29, 1.82) is 5.26 Å². The molecule has 1 aromatic carbocycles. The Morgan fingerprint density at radius 1 is 1.25 bits per heavy atom. The van der Waals surface area contributed by atoms with Gasteiger partial charge in [0.25, 0.3) is 0 Å². The van der Waals surface area contributed by atoms with E-state index in [1.165, 1.54) is 13.1 Å². The molecular weight excluding hydrogens is 265 g/mol. The lowest BCUT2D eigenvalue weighted by molar-refractivity contribution is 0.471. The SMILES string of the molecule is CC(C#N)(Cc1cccnc1)c1c(F)cc(F)cc1F. The summed E-state index contributed by atoms with van der Waals surface area (Å²) in [5.41, 5.74) is -1.20. The lowest BCUT2D eigenvalue weighted by Gasteiger charge is -2.23. The van der Waals surface area contributed by atoms with E-state index < -0.39 is 28.4 Å². The van der Waals surface area contributed by atoms with Crippen LogP contribution in [0, 0.1) is 28.8 Å². The van der Waals surface area contributed by atoms with Crippen LogP contribution in [0.25, 0.3) is 0 Å². The van der Waals surface area contributed by atoms with Crippen molar-refractivity contribution < 1.29 is 13.2 Å². The zero-order chi connectivity index (χ0) is 14.8. The molecule has 1 aromatic heterocycles. The van der Waals surface area contributed by atoms with E-state index in [1.807, 2.05) is 6.07 Å². The van der Waals surface area contributed by atoms with E-state index in [-0.39, 0.29) is 6.42 Å². The first-order valence-electron chi connectivity index (χ1n) is 5.91. The molecule has 1 unspecified atom stereocenters. The molecule has 20 heavy (non-hydrogen) atoms. The number of hydrogen-bond donors (Lipinski definition) is 0. The molecule has 2 nitrogen and oxygen atoms in total. The normalized spacial score (nSPS) is 13.6. The minimum absolute atomic E-state index is 0.0802. The summed E-state index contributed by atoms with van der Waals surface area (Å²) >= 11 is 0. The smallest absolute Gasteiger partial charge is 0.133 e. The van der Waals surface area contributed by atoms with Crippen LogP contribution in [-0.2, 0) is 11.8 Å². The van der Waals surface area contributed by atoms with E-state index in [0.29, 0.717) is 17.7 Å². The van der Waals surface area contributed by atoms with Crippen molar-refractivity contribution in [3.63, 3.8) is 0 Å². The molecule has 0 aliphatic carbocycles. The van der Waals surface area contributed by atoms with Gasteiger partial charge in [-0.05, 0) is 25.0 Å². The predicted octanol–water partition coefficient (Wildman–Crippen LogP) is 3.52. The van der Waals surface area contributed by atoms with Gasteiger partial charge in [-0.2, -0.15) is 5.26 Å². The second-order valence-electron chi connectivity index (χ2n) is 4.73. The average molecular weight is 276 g/mol. The molecule has 102 valence electrons. The summed E-state index contributed by atoms with van der Waals surface area (Å²) in [5, 5.41) is 9.32. The molecule has 0 bridgehead atoms. The van der Waals surface area contributed by atoms with Crippen molar-refractivity contribution in [2.75, 3.05) is 0 Å². The third-order valence-corrected chi connectivity index (χ3v) is 3.09. The van der Waals surface area contributed by atoms with Gasteiger partial charge in [0.15, 0.2) is 0 Å². The molecule has 0 aliphatic rings. The van der Waals surface area contributed by atoms with Gasteiger partial charge < -0.3 is 0 Å². The number of pyridine rings is 1. The van der Waals surface area contributed by atoms with Crippen LogP contribution < -0.4 is 0 Å². The van der Waals surface area contributed by atoms with Gasteiger partial charge >= 0.3 is 0 Å². The van der Waals surface area contributed by atoms with Crippen LogP contribution in [-0.4, -0.2) is 4.98 Å². The zero-order valence-corrected chi connectivity index (χ0v) is 10.7. The molecule has 2 rings (SSSR count). The Bertz CT molecular complexity index is 642. The number of nitriles is 1. The first-order chi connectivity index (χ1) is 9.46. The van der Waals surface area contributed by atoms with Crippen molar-refractivity contribution in [3.05, 3.63) is 65.2 Å². The Labute approximate surface area is 114 Å². The summed E-state index contributed by atoms with van der Waals surface area (Å²) in [5.74, 6) is -3.13. The number of benzene rings is 1. The maximum Gasteiger partial charge on any atom is 0.133 e. The first-order valence-corrected chi connectivity index (χ1v) is 5.91. The van der Waals surface area contributed by atoms with Gasteiger partial charge in [-0.25, -0.2) is 13.2 Å². The molecule has 0 saturated heterocycles. The molecule has 1 heterocycles. The van der Waals surface area contributed by atoms with E-state index in [4.69, 9.17) is 0 Å². The summed E-state index contributed by atoms with van der Waals surface area (Å²) < 4.78 is 40.7. The summed E-state index contributed by atoms with van der Waals surface area (Å²) in [6.45, 7) is 1.42. The van der Waals surface area contributed by atoms with Crippen LogP contribution in [0.2, 0.25) is 0 Å². The summed E-state index contributed by atoms with van der Waals surface area (Å²) in [6, 6.07) is 6.46. The highest BCUT2D eigenvalue weighted by Crippen LogP contribution is 2.32. The topological polar surface area (TPSA) is 36.7 Å². The second-order valence-corrected chi connectivity index (χ2v) is 4.73. The maximum atomic E-state index is 13.8. The fourth-order valence-electron chi connectivity index (χ4n) is 2.16. The second kappa shape index (κ2) is 5.33. The summed E-state index contributed by atoms with van der Waals surface area (Å²) in [4.78, 5) is 3.90. The summed E-state index contributed by atoms with van der Waals surface area (Å²) in [7, 11) is 0. The van der Waals surface area contributed by atoms with Crippen molar-refractivity contribution >= 4 is 0 Å².